The van der Waals surface area contributed by atoms with Crippen LogP contribution in [0.2, 0.25) is 5.02 Å². The first kappa shape index (κ1) is 14.1. The molecule has 2 N–H and O–H groups in total. The molecular weight excluding hydrogens is 313 g/mol. The SMILES string of the molecule is N/C(=C1\C(=O)c2cc(Cl)ccc2[S+]1[O-])c1ccccc1F. The van der Waals surface area contributed by atoms with E-state index in [2.05, 4.69) is 0 Å². The summed E-state index contributed by atoms with van der Waals surface area (Å²) in [5.74, 6) is -1.05. The van der Waals surface area contributed by atoms with Crippen molar-refractivity contribution >= 4 is 34.3 Å². The summed E-state index contributed by atoms with van der Waals surface area (Å²) in [4.78, 5) is 12.6. The molecule has 1 atom stereocenters. The van der Waals surface area contributed by atoms with Gasteiger partial charge in [-0.1, -0.05) is 23.7 Å². The Morgan fingerprint density at radius 3 is 2.67 bits per heavy atom. The minimum absolute atomic E-state index is 0.0631. The van der Waals surface area contributed by atoms with Crippen LogP contribution in [0.3, 0.4) is 0 Å². The Morgan fingerprint density at radius 2 is 1.95 bits per heavy atom. The Hall–Kier alpha value is -1.82. The number of halogens is 2. The van der Waals surface area contributed by atoms with E-state index >= 15 is 0 Å². The van der Waals surface area contributed by atoms with Gasteiger partial charge in [-0.15, -0.1) is 0 Å². The first-order chi connectivity index (χ1) is 10.0. The first-order valence-corrected chi connectivity index (χ1v) is 7.54. The van der Waals surface area contributed by atoms with Crippen molar-refractivity contribution in [2.24, 2.45) is 5.73 Å². The summed E-state index contributed by atoms with van der Waals surface area (Å²) in [5, 5.41) is 0.366. The molecule has 0 amide bonds. The molecule has 0 spiro atoms. The quantitative estimate of drug-likeness (QED) is 0.648. The van der Waals surface area contributed by atoms with Gasteiger partial charge in [0.1, 0.15) is 11.5 Å². The zero-order valence-corrected chi connectivity index (χ0v) is 12.2. The topological polar surface area (TPSA) is 66.2 Å². The van der Waals surface area contributed by atoms with E-state index in [1.54, 1.807) is 12.1 Å². The highest BCUT2D eigenvalue weighted by atomic mass is 35.5. The van der Waals surface area contributed by atoms with Crippen molar-refractivity contribution in [3.63, 3.8) is 0 Å². The maximum Gasteiger partial charge on any atom is 0.248 e. The number of nitrogens with two attached hydrogens (primary N) is 1. The molecule has 6 heteroatoms. The maximum absolute atomic E-state index is 13.8. The molecule has 0 radical (unpaired) electrons. The molecule has 1 aliphatic heterocycles. The van der Waals surface area contributed by atoms with Gasteiger partial charge in [-0.3, -0.25) is 4.79 Å². The van der Waals surface area contributed by atoms with Crippen LogP contribution in [0.4, 0.5) is 4.39 Å². The minimum atomic E-state index is -1.73. The largest absolute Gasteiger partial charge is 0.606 e. The van der Waals surface area contributed by atoms with E-state index in [-0.39, 0.29) is 21.7 Å². The Labute approximate surface area is 128 Å². The van der Waals surface area contributed by atoms with Crippen LogP contribution in [-0.2, 0) is 11.2 Å². The summed E-state index contributed by atoms with van der Waals surface area (Å²) < 4.78 is 26.2. The van der Waals surface area contributed by atoms with Gasteiger partial charge in [0.25, 0.3) is 0 Å². The van der Waals surface area contributed by atoms with Gasteiger partial charge in [-0.25, -0.2) is 4.39 Å². The van der Waals surface area contributed by atoms with Crippen LogP contribution in [-0.4, -0.2) is 10.3 Å². The lowest BCUT2D eigenvalue weighted by molar-refractivity contribution is 0.104. The van der Waals surface area contributed by atoms with Crippen molar-refractivity contribution in [3.8, 4) is 0 Å². The first-order valence-electron chi connectivity index (χ1n) is 6.01. The predicted octanol–water partition coefficient (Wildman–Crippen LogP) is 3.11. The lowest BCUT2D eigenvalue weighted by atomic mass is 10.1. The Kier molecular flexibility index (Phi) is 3.49. The fraction of sp³-hybridized carbons (Fsp3) is 0. The molecule has 0 aromatic heterocycles. The lowest BCUT2D eigenvalue weighted by Gasteiger charge is -2.08. The Morgan fingerprint density at radius 1 is 1.24 bits per heavy atom. The summed E-state index contributed by atoms with van der Waals surface area (Å²) in [6, 6.07) is 10.3. The molecule has 0 bridgehead atoms. The highest BCUT2D eigenvalue weighted by Crippen LogP contribution is 2.38. The number of carbonyl (C=O) groups excluding carboxylic acids is 1. The molecule has 1 heterocycles. The second-order valence-corrected chi connectivity index (χ2v) is 6.28. The maximum atomic E-state index is 13.8. The van der Waals surface area contributed by atoms with E-state index < -0.39 is 22.8 Å². The van der Waals surface area contributed by atoms with Crippen molar-refractivity contribution < 1.29 is 13.7 Å². The highest BCUT2D eigenvalue weighted by Gasteiger charge is 2.41. The fourth-order valence-electron chi connectivity index (χ4n) is 2.18. The van der Waals surface area contributed by atoms with Crippen LogP contribution in [0.1, 0.15) is 15.9 Å². The molecule has 2 aromatic carbocycles. The number of allylic oxidation sites excluding steroid dienone is 1. The molecule has 0 aliphatic carbocycles. The van der Waals surface area contributed by atoms with E-state index in [0.29, 0.717) is 9.92 Å². The molecule has 2 aromatic rings. The van der Waals surface area contributed by atoms with Gasteiger partial charge in [-0.2, -0.15) is 0 Å². The minimum Gasteiger partial charge on any atom is -0.606 e. The summed E-state index contributed by atoms with van der Waals surface area (Å²) in [5.41, 5.74) is 6.09. The number of rotatable bonds is 1. The summed E-state index contributed by atoms with van der Waals surface area (Å²) in [6.45, 7) is 0. The van der Waals surface area contributed by atoms with Crippen molar-refractivity contribution in [2.75, 3.05) is 0 Å². The number of benzene rings is 2. The van der Waals surface area contributed by atoms with Gasteiger partial charge in [0.15, 0.2) is 4.90 Å². The molecule has 0 saturated heterocycles. The van der Waals surface area contributed by atoms with E-state index in [1.807, 2.05) is 0 Å². The average molecular weight is 322 g/mol. The molecule has 106 valence electrons. The second-order valence-electron chi connectivity index (χ2n) is 4.46. The van der Waals surface area contributed by atoms with Crippen molar-refractivity contribution in [3.05, 3.63) is 69.3 Å². The zero-order chi connectivity index (χ0) is 15.1. The number of hydrogen-bond acceptors (Lipinski definition) is 3. The zero-order valence-electron chi connectivity index (χ0n) is 10.6. The molecule has 0 fully saturated rings. The van der Waals surface area contributed by atoms with Crippen molar-refractivity contribution in [2.45, 2.75) is 4.90 Å². The molecular formula is C15H9ClFNO2S. The third-order valence-corrected chi connectivity index (χ3v) is 4.95. The predicted molar refractivity (Wildman–Crippen MR) is 79.7 cm³/mol. The van der Waals surface area contributed by atoms with E-state index in [9.17, 15) is 13.7 Å². The van der Waals surface area contributed by atoms with Crippen LogP contribution in [0.5, 0.6) is 0 Å². The van der Waals surface area contributed by atoms with Gasteiger partial charge in [0.05, 0.1) is 5.56 Å². The van der Waals surface area contributed by atoms with Gasteiger partial charge >= 0.3 is 0 Å². The third kappa shape index (κ3) is 2.23. The monoisotopic (exact) mass is 321 g/mol. The number of fused-ring (bicyclic) bond motifs is 1. The number of Topliss-reactive ketones (excluding diaryl/α,β-unsaturated/α-hetero) is 1. The van der Waals surface area contributed by atoms with Crippen LogP contribution >= 0.6 is 11.6 Å². The van der Waals surface area contributed by atoms with Crippen LogP contribution < -0.4 is 5.73 Å². The standard InChI is InChI=1S/C15H9ClFNO2S/c16-8-5-6-12-10(7-8)14(19)15(21(12)20)13(18)9-3-1-2-4-11(9)17/h1-7H,18H2/b15-13+. The highest BCUT2D eigenvalue weighted by molar-refractivity contribution is 7.97. The molecule has 1 aliphatic rings. The summed E-state index contributed by atoms with van der Waals surface area (Å²) in [6.07, 6.45) is 0. The Balaban J connectivity index is 2.19. The van der Waals surface area contributed by atoms with E-state index in [1.165, 1.54) is 30.3 Å². The molecule has 3 nitrogen and oxygen atoms in total. The third-order valence-electron chi connectivity index (χ3n) is 3.19. The fourth-order valence-corrected chi connectivity index (χ4v) is 3.70. The number of ketones is 1. The van der Waals surface area contributed by atoms with Crippen LogP contribution in [0.25, 0.3) is 5.70 Å². The average Bonchev–Trinajstić information content (AvgIpc) is 2.70. The van der Waals surface area contributed by atoms with Crippen molar-refractivity contribution in [1.82, 2.24) is 0 Å². The number of carbonyl (C=O) groups is 1. The van der Waals surface area contributed by atoms with Crippen molar-refractivity contribution in [1.29, 1.82) is 0 Å². The molecule has 0 saturated carbocycles. The van der Waals surface area contributed by atoms with Gasteiger partial charge in [-0.05, 0) is 30.3 Å². The van der Waals surface area contributed by atoms with Gasteiger partial charge < -0.3 is 10.3 Å². The Bertz CT molecular complexity index is 791. The molecule has 21 heavy (non-hydrogen) atoms. The molecule has 3 rings (SSSR count). The lowest BCUT2D eigenvalue weighted by Crippen LogP contribution is -2.12. The van der Waals surface area contributed by atoms with Crippen LogP contribution in [0, 0.1) is 5.82 Å². The summed E-state index contributed by atoms with van der Waals surface area (Å²) >= 11 is 4.11. The van der Waals surface area contributed by atoms with E-state index in [0.717, 1.165) is 0 Å². The van der Waals surface area contributed by atoms with E-state index in [4.69, 9.17) is 17.3 Å². The van der Waals surface area contributed by atoms with Gasteiger partial charge in [0.2, 0.25) is 10.7 Å². The second kappa shape index (κ2) is 5.18. The number of hydrogen-bond donors (Lipinski definition) is 1. The molecule has 1 unspecified atom stereocenters. The normalized spacial score (nSPS) is 19.6. The van der Waals surface area contributed by atoms with Gasteiger partial charge in [0, 0.05) is 21.8 Å². The smallest absolute Gasteiger partial charge is 0.248 e. The summed E-state index contributed by atoms with van der Waals surface area (Å²) in [7, 11) is 0. The van der Waals surface area contributed by atoms with Crippen LogP contribution in [0.15, 0.2) is 52.3 Å².